The molecule has 0 atom stereocenters. The Hall–Kier alpha value is -0.0800. The largest absolute Gasteiger partial charge is 0.461 e. The molecule has 72 valence electrons. The maximum atomic E-state index is 11.3. The first kappa shape index (κ1) is 11.0. The van der Waals surface area contributed by atoms with E-state index in [4.69, 9.17) is 4.74 Å². The molecular weight excluding hydrogens is 353 g/mol. The van der Waals surface area contributed by atoms with E-state index in [1.165, 1.54) is 13.2 Å². The van der Waals surface area contributed by atoms with Crippen LogP contribution in [0.4, 0.5) is 0 Å². The quantitative estimate of drug-likeness (QED) is 0.508. The van der Waals surface area contributed by atoms with Gasteiger partial charge in [-0.05, 0) is 38.5 Å². The van der Waals surface area contributed by atoms with Crippen LogP contribution in [-0.2, 0) is 4.74 Å². The lowest BCUT2D eigenvalue weighted by Crippen LogP contribution is -2.11. The number of H-pyrrole nitrogens is 1. The molecule has 0 amide bonds. The third kappa shape index (κ3) is 2.96. The molecule has 13 heavy (non-hydrogen) atoms. The van der Waals surface area contributed by atoms with E-state index in [-0.39, 0.29) is 18.0 Å². The monoisotopic (exact) mass is 359 g/mol. The smallest absolute Gasteiger partial charge is 0.225 e. The summed E-state index contributed by atoms with van der Waals surface area (Å²) < 4.78 is 11.0. The topological polar surface area (TPSA) is 51.3 Å². The lowest BCUT2D eigenvalue weighted by atomic mass is 10.4. The zero-order valence-electron chi connectivity index (χ0n) is 6.77. The lowest BCUT2D eigenvalue weighted by molar-refractivity contribution is 0.0494. The van der Waals surface area contributed by atoms with Gasteiger partial charge in [0, 0.05) is 13.2 Å². The van der Waals surface area contributed by atoms with Gasteiger partial charge in [0.1, 0.15) is 4.60 Å². The molecule has 1 aromatic rings. The highest BCUT2D eigenvalue weighted by atomic mass is 127. The van der Waals surface area contributed by atoms with Crippen molar-refractivity contribution in [3.05, 3.63) is 24.6 Å². The fourth-order valence-electron chi connectivity index (χ4n) is 0.739. The Labute approximate surface area is 96.9 Å². The molecule has 0 aliphatic heterocycles. The summed E-state index contributed by atoms with van der Waals surface area (Å²) in [6, 6.07) is 1.45. The van der Waals surface area contributed by atoms with Crippen LogP contribution < -0.4 is 10.2 Å². The second-order valence-corrected chi connectivity index (χ2v) is 4.13. The van der Waals surface area contributed by atoms with E-state index >= 15 is 0 Å². The number of rotatable bonds is 3. The highest BCUT2D eigenvalue weighted by molar-refractivity contribution is 14.1. The number of hydrogen-bond acceptors (Lipinski definition) is 3. The first-order valence-corrected chi connectivity index (χ1v) is 5.22. The Balaban J connectivity index is 2.99. The SMILES string of the molecule is COCOc1c(Br)[nH]c(I)cc1=O. The molecule has 0 aliphatic rings. The predicted octanol–water partition coefficient (Wildman–Crippen LogP) is 1.72. The minimum Gasteiger partial charge on any atom is -0.461 e. The molecule has 1 aromatic heterocycles. The van der Waals surface area contributed by atoms with Crippen LogP contribution in [0.1, 0.15) is 0 Å². The summed E-state index contributed by atoms with van der Waals surface area (Å²) in [7, 11) is 1.49. The number of nitrogens with one attached hydrogen (secondary N) is 1. The van der Waals surface area contributed by atoms with Gasteiger partial charge in [0.05, 0.1) is 3.70 Å². The molecule has 1 N–H and O–H groups in total. The highest BCUT2D eigenvalue weighted by Gasteiger charge is 2.07. The van der Waals surface area contributed by atoms with Gasteiger partial charge < -0.3 is 14.5 Å². The summed E-state index contributed by atoms with van der Waals surface area (Å²) in [6.07, 6.45) is 0. The van der Waals surface area contributed by atoms with E-state index < -0.39 is 0 Å². The van der Waals surface area contributed by atoms with Gasteiger partial charge in [0.25, 0.3) is 0 Å². The van der Waals surface area contributed by atoms with Gasteiger partial charge in [-0.15, -0.1) is 0 Å². The molecule has 1 heterocycles. The van der Waals surface area contributed by atoms with Crippen LogP contribution in [0.5, 0.6) is 5.75 Å². The van der Waals surface area contributed by atoms with Crippen LogP contribution in [0, 0.1) is 3.70 Å². The number of aromatic nitrogens is 1. The zero-order valence-corrected chi connectivity index (χ0v) is 10.5. The molecule has 1 rings (SSSR count). The van der Waals surface area contributed by atoms with Crippen LogP contribution in [-0.4, -0.2) is 18.9 Å². The Morgan fingerprint density at radius 3 is 2.92 bits per heavy atom. The van der Waals surface area contributed by atoms with Crippen LogP contribution in [0.3, 0.4) is 0 Å². The van der Waals surface area contributed by atoms with E-state index in [0.717, 1.165) is 3.70 Å². The van der Waals surface area contributed by atoms with Gasteiger partial charge in [0.2, 0.25) is 5.43 Å². The van der Waals surface area contributed by atoms with Gasteiger partial charge in [-0.2, -0.15) is 0 Å². The van der Waals surface area contributed by atoms with Crippen molar-refractivity contribution in [1.82, 2.24) is 4.98 Å². The van der Waals surface area contributed by atoms with Crippen LogP contribution in [0.15, 0.2) is 15.5 Å². The lowest BCUT2D eigenvalue weighted by Gasteiger charge is -2.05. The van der Waals surface area contributed by atoms with Crippen molar-refractivity contribution in [2.45, 2.75) is 0 Å². The number of hydrogen-bond donors (Lipinski definition) is 1. The van der Waals surface area contributed by atoms with Crippen molar-refractivity contribution < 1.29 is 9.47 Å². The maximum Gasteiger partial charge on any atom is 0.225 e. The first-order chi connectivity index (χ1) is 6.15. The second-order valence-electron chi connectivity index (χ2n) is 2.18. The summed E-state index contributed by atoms with van der Waals surface area (Å²) >= 11 is 5.20. The Bertz CT molecular complexity index is 352. The molecule has 0 aliphatic carbocycles. The van der Waals surface area contributed by atoms with E-state index in [2.05, 4.69) is 25.7 Å². The van der Waals surface area contributed by atoms with Crippen LogP contribution in [0.2, 0.25) is 0 Å². The van der Waals surface area contributed by atoms with Crippen molar-refractivity contribution >= 4 is 38.5 Å². The van der Waals surface area contributed by atoms with Crippen molar-refractivity contribution in [1.29, 1.82) is 0 Å². The van der Waals surface area contributed by atoms with Crippen LogP contribution in [0.25, 0.3) is 0 Å². The van der Waals surface area contributed by atoms with Crippen LogP contribution >= 0.6 is 38.5 Å². The molecule has 0 aromatic carbocycles. The molecule has 0 spiro atoms. The summed E-state index contributed by atoms with van der Waals surface area (Å²) in [5, 5.41) is 0. The average Bonchev–Trinajstić information content (AvgIpc) is 2.02. The molecule has 0 saturated carbocycles. The van der Waals surface area contributed by atoms with Gasteiger partial charge in [0.15, 0.2) is 12.5 Å². The van der Waals surface area contributed by atoms with Crippen molar-refractivity contribution in [3.63, 3.8) is 0 Å². The van der Waals surface area contributed by atoms with Crippen molar-refractivity contribution in [2.24, 2.45) is 0 Å². The summed E-state index contributed by atoms with van der Waals surface area (Å²) in [6.45, 7) is 0.0578. The molecule has 0 unspecified atom stereocenters. The van der Waals surface area contributed by atoms with Gasteiger partial charge in [-0.3, -0.25) is 4.79 Å². The fourth-order valence-corrected chi connectivity index (χ4v) is 2.19. The van der Waals surface area contributed by atoms with E-state index in [1.54, 1.807) is 0 Å². The maximum absolute atomic E-state index is 11.3. The molecule has 6 heteroatoms. The van der Waals surface area contributed by atoms with Gasteiger partial charge in [-0.1, -0.05) is 0 Å². The predicted molar refractivity (Wildman–Crippen MR) is 60.0 cm³/mol. The normalized spacial score (nSPS) is 10.1. The summed E-state index contributed by atoms with van der Waals surface area (Å²) in [4.78, 5) is 14.2. The minimum absolute atomic E-state index is 0.0578. The Morgan fingerprint density at radius 2 is 2.38 bits per heavy atom. The third-order valence-electron chi connectivity index (χ3n) is 1.23. The van der Waals surface area contributed by atoms with Crippen molar-refractivity contribution in [3.8, 4) is 5.75 Å². The second kappa shape index (κ2) is 4.97. The molecule has 0 bridgehead atoms. The summed E-state index contributed by atoms with van der Waals surface area (Å²) in [5.41, 5.74) is -0.174. The van der Waals surface area contributed by atoms with E-state index in [9.17, 15) is 4.79 Å². The summed E-state index contributed by atoms with van der Waals surface area (Å²) in [5.74, 6) is 0.238. The number of methoxy groups -OCH3 is 1. The minimum atomic E-state index is -0.174. The number of aromatic amines is 1. The van der Waals surface area contributed by atoms with Gasteiger partial charge in [-0.25, -0.2) is 0 Å². The third-order valence-corrected chi connectivity index (χ3v) is 2.37. The zero-order chi connectivity index (χ0) is 9.84. The molecule has 0 radical (unpaired) electrons. The standard InChI is InChI=1S/C7H7BrINO3/c1-12-3-13-6-4(11)2-5(9)10-7(6)8/h2H,3H2,1H3,(H,10,11). The Kier molecular flexibility index (Phi) is 4.20. The molecule has 4 nitrogen and oxygen atoms in total. The van der Waals surface area contributed by atoms with E-state index in [1.807, 2.05) is 22.6 Å². The van der Waals surface area contributed by atoms with Crippen molar-refractivity contribution in [2.75, 3.05) is 13.9 Å². The Morgan fingerprint density at radius 1 is 1.69 bits per heavy atom. The molecule has 0 saturated heterocycles. The molecular formula is C7H7BrINO3. The fraction of sp³-hybridized carbons (Fsp3) is 0.286. The molecule has 0 fully saturated rings. The number of halogens is 2. The van der Waals surface area contributed by atoms with Gasteiger partial charge >= 0.3 is 0 Å². The van der Waals surface area contributed by atoms with E-state index in [0.29, 0.717) is 4.60 Å². The number of ether oxygens (including phenoxy) is 2. The number of pyridine rings is 1. The average molecular weight is 360 g/mol. The first-order valence-electron chi connectivity index (χ1n) is 3.35. The highest BCUT2D eigenvalue weighted by Crippen LogP contribution is 2.18.